The van der Waals surface area contributed by atoms with E-state index in [2.05, 4.69) is 15.3 Å². The van der Waals surface area contributed by atoms with Gasteiger partial charge in [-0.2, -0.15) is 23.1 Å². The van der Waals surface area contributed by atoms with E-state index < -0.39 is 18.3 Å². The number of aliphatic hydroxyl groups is 1. The maximum Gasteiger partial charge on any atom is 0.418 e. The number of halogens is 3. The van der Waals surface area contributed by atoms with Crippen LogP contribution in [0.2, 0.25) is 0 Å². The summed E-state index contributed by atoms with van der Waals surface area (Å²) in [4.78, 5) is 9.36. The van der Waals surface area contributed by atoms with Gasteiger partial charge in [0, 0.05) is 25.1 Å². The summed E-state index contributed by atoms with van der Waals surface area (Å²) in [7, 11) is 0. The Morgan fingerprint density at radius 3 is 2.67 bits per heavy atom. The minimum atomic E-state index is -4.66. The number of alkyl halides is 3. The van der Waals surface area contributed by atoms with Gasteiger partial charge >= 0.3 is 6.18 Å². The second kappa shape index (κ2) is 4.62. The lowest BCUT2D eigenvalue weighted by Gasteiger charge is -2.26. The summed E-state index contributed by atoms with van der Waals surface area (Å²) >= 11 is 0. The zero-order chi connectivity index (χ0) is 15.3. The normalized spacial score (nSPS) is 26.2. The Morgan fingerprint density at radius 1 is 1.38 bits per heavy atom. The van der Waals surface area contributed by atoms with Crippen LogP contribution in [-0.2, 0) is 0 Å². The summed E-state index contributed by atoms with van der Waals surface area (Å²) in [5.74, 6) is 0.798. The molecular weight excluding hydrogens is 287 g/mol. The van der Waals surface area contributed by atoms with Crippen molar-refractivity contribution >= 4 is 17.6 Å². The van der Waals surface area contributed by atoms with Gasteiger partial charge in [-0.05, 0) is 12.8 Å². The Hall–Kier alpha value is -1.77. The molecule has 21 heavy (non-hydrogen) atoms. The van der Waals surface area contributed by atoms with Crippen LogP contribution in [0.5, 0.6) is 0 Å². The third-order valence-corrected chi connectivity index (χ3v) is 3.76. The monoisotopic (exact) mass is 303 g/mol. The molecule has 2 aliphatic rings. The number of aromatic nitrogens is 2. The van der Waals surface area contributed by atoms with Gasteiger partial charge in [-0.25, -0.2) is 0 Å². The molecule has 0 aromatic carbocycles. The fraction of sp³-hybridized carbons (Fsp3) is 0.667. The Kier molecular flexibility index (Phi) is 3.12. The molecule has 1 aliphatic heterocycles. The first-order valence-electron chi connectivity index (χ1n) is 6.72. The van der Waals surface area contributed by atoms with Crippen LogP contribution in [0.15, 0.2) is 6.07 Å². The van der Waals surface area contributed by atoms with E-state index in [1.54, 1.807) is 6.07 Å². The van der Waals surface area contributed by atoms with Gasteiger partial charge in [0.05, 0.1) is 6.54 Å². The average molecular weight is 303 g/mol. The van der Waals surface area contributed by atoms with E-state index >= 15 is 0 Å². The highest BCUT2D eigenvalue weighted by molar-refractivity contribution is 5.54. The number of nitrogens with one attached hydrogen (secondary N) is 1. The first-order chi connectivity index (χ1) is 9.77. The summed E-state index contributed by atoms with van der Waals surface area (Å²) in [5, 5.41) is 12.8. The van der Waals surface area contributed by atoms with Crippen molar-refractivity contribution in [2.75, 3.05) is 29.0 Å². The van der Waals surface area contributed by atoms with Crippen molar-refractivity contribution in [2.45, 2.75) is 37.1 Å². The number of hydrogen-bond donors (Lipinski definition) is 3. The van der Waals surface area contributed by atoms with E-state index in [0.29, 0.717) is 17.7 Å². The molecule has 116 valence electrons. The minimum absolute atomic E-state index is 0.00176. The number of hydrogen-bond acceptors (Lipinski definition) is 6. The fourth-order valence-electron chi connectivity index (χ4n) is 2.35. The van der Waals surface area contributed by atoms with Crippen molar-refractivity contribution in [3.05, 3.63) is 6.07 Å². The molecule has 0 spiro atoms. The third kappa shape index (κ3) is 2.82. The van der Waals surface area contributed by atoms with Gasteiger partial charge in [0.25, 0.3) is 0 Å². The van der Waals surface area contributed by atoms with Crippen LogP contribution in [0.3, 0.4) is 0 Å². The summed E-state index contributed by atoms with van der Waals surface area (Å²) in [6.45, 7) is -0.481. The van der Waals surface area contributed by atoms with Gasteiger partial charge in [0.15, 0.2) is 5.60 Å². The number of nitrogens with two attached hydrogens (primary N) is 1. The zero-order valence-corrected chi connectivity index (χ0v) is 11.2. The molecule has 1 atom stereocenters. The summed E-state index contributed by atoms with van der Waals surface area (Å²) in [6.07, 6.45) is -2.96. The molecule has 6 nitrogen and oxygen atoms in total. The lowest BCUT2D eigenvalue weighted by molar-refractivity contribution is -0.250. The van der Waals surface area contributed by atoms with Gasteiger partial charge < -0.3 is 21.1 Å². The van der Waals surface area contributed by atoms with Gasteiger partial charge in [-0.3, -0.25) is 0 Å². The molecular formula is C12H16F3N5O. The highest BCUT2D eigenvalue weighted by atomic mass is 19.4. The molecule has 1 aromatic rings. The lowest BCUT2D eigenvalue weighted by Crippen LogP contribution is -2.47. The standard InChI is InChI=1S/C12H16F3N5O/c13-12(14,15)11(21)3-4-20(6-11)9-5-8(17-7-1-2-7)18-10(16)19-9/h5,7,21H,1-4,6H2,(H3,16,17,18,19)/t11-/m1/s1. The van der Waals surface area contributed by atoms with Gasteiger partial charge in [-0.1, -0.05) is 0 Å². The fourth-order valence-corrected chi connectivity index (χ4v) is 2.35. The van der Waals surface area contributed by atoms with Crippen LogP contribution in [0.25, 0.3) is 0 Å². The minimum Gasteiger partial charge on any atom is -0.379 e. The van der Waals surface area contributed by atoms with Gasteiger partial charge in [0.2, 0.25) is 5.95 Å². The SMILES string of the molecule is Nc1nc(NC2CC2)cc(N2CC[C@](O)(C(F)(F)F)C2)n1. The van der Waals surface area contributed by atoms with Crippen LogP contribution in [0.4, 0.5) is 30.8 Å². The van der Waals surface area contributed by atoms with Crippen LogP contribution < -0.4 is 16.0 Å². The molecule has 2 fully saturated rings. The Balaban J connectivity index is 1.79. The van der Waals surface area contributed by atoms with Crippen LogP contribution in [-0.4, -0.2) is 46.0 Å². The third-order valence-electron chi connectivity index (χ3n) is 3.76. The predicted molar refractivity (Wildman–Crippen MR) is 70.9 cm³/mol. The van der Waals surface area contributed by atoms with Crippen LogP contribution in [0.1, 0.15) is 19.3 Å². The summed E-state index contributed by atoms with van der Waals surface area (Å²) < 4.78 is 38.5. The Bertz CT molecular complexity index is 548. The maximum atomic E-state index is 12.8. The van der Waals surface area contributed by atoms with Crippen molar-refractivity contribution in [3.63, 3.8) is 0 Å². The topological polar surface area (TPSA) is 87.3 Å². The molecule has 0 radical (unpaired) electrons. The highest BCUT2D eigenvalue weighted by Gasteiger charge is 2.57. The largest absolute Gasteiger partial charge is 0.418 e. The molecule has 0 amide bonds. The Morgan fingerprint density at radius 2 is 2.10 bits per heavy atom. The number of nitrogen functional groups attached to an aromatic ring is 1. The number of anilines is 3. The van der Waals surface area contributed by atoms with Crippen LogP contribution >= 0.6 is 0 Å². The van der Waals surface area contributed by atoms with Crippen LogP contribution in [0, 0.1) is 0 Å². The first kappa shape index (κ1) is 14.2. The highest BCUT2D eigenvalue weighted by Crippen LogP contribution is 2.39. The maximum absolute atomic E-state index is 12.8. The number of β-amino-alcohol motifs (C(OH)–C–C–N with tert-alkyl or cyclic N) is 1. The van der Waals surface area contributed by atoms with Gasteiger partial charge in [0.1, 0.15) is 11.6 Å². The molecule has 0 bridgehead atoms. The van der Waals surface area contributed by atoms with E-state index in [1.165, 1.54) is 4.90 Å². The first-order valence-corrected chi connectivity index (χ1v) is 6.72. The summed E-state index contributed by atoms with van der Waals surface area (Å²) in [5.41, 5.74) is 2.91. The quantitative estimate of drug-likeness (QED) is 0.776. The number of rotatable bonds is 3. The molecule has 9 heteroatoms. The predicted octanol–water partition coefficient (Wildman–Crippen LogP) is 1.14. The molecule has 1 saturated heterocycles. The summed E-state index contributed by atoms with van der Waals surface area (Å²) in [6, 6.07) is 1.91. The molecule has 3 rings (SSSR count). The Labute approximate surface area is 119 Å². The van der Waals surface area contributed by atoms with Crippen molar-refractivity contribution in [2.24, 2.45) is 0 Å². The van der Waals surface area contributed by atoms with Gasteiger partial charge in [-0.15, -0.1) is 0 Å². The second-order valence-corrected chi connectivity index (χ2v) is 5.59. The second-order valence-electron chi connectivity index (χ2n) is 5.59. The molecule has 1 aliphatic carbocycles. The molecule has 1 saturated carbocycles. The van der Waals surface area contributed by atoms with Crippen molar-refractivity contribution in [1.82, 2.24) is 9.97 Å². The van der Waals surface area contributed by atoms with Crippen molar-refractivity contribution in [3.8, 4) is 0 Å². The van der Waals surface area contributed by atoms with Crippen molar-refractivity contribution in [1.29, 1.82) is 0 Å². The molecule has 2 heterocycles. The van der Waals surface area contributed by atoms with E-state index in [0.717, 1.165) is 12.8 Å². The number of nitrogens with zero attached hydrogens (tertiary/aromatic N) is 3. The molecule has 0 unspecified atom stereocenters. The zero-order valence-electron chi connectivity index (χ0n) is 11.2. The van der Waals surface area contributed by atoms with E-state index in [-0.39, 0.29) is 18.9 Å². The van der Waals surface area contributed by atoms with E-state index in [4.69, 9.17) is 5.73 Å². The lowest BCUT2D eigenvalue weighted by atomic mass is 10.0. The van der Waals surface area contributed by atoms with Crippen molar-refractivity contribution < 1.29 is 18.3 Å². The van der Waals surface area contributed by atoms with E-state index in [9.17, 15) is 18.3 Å². The van der Waals surface area contributed by atoms with E-state index in [1.807, 2.05) is 0 Å². The molecule has 1 aromatic heterocycles. The molecule has 4 N–H and O–H groups in total. The average Bonchev–Trinajstić information content (AvgIpc) is 3.07. The smallest absolute Gasteiger partial charge is 0.379 e.